The van der Waals surface area contributed by atoms with Gasteiger partial charge in [-0.3, -0.25) is 9.59 Å². The molecule has 9 nitrogen and oxygen atoms in total. The van der Waals surface area contributed by atoms with E-state index in [1.165, 1.54) is 11.9 Å². The van der Waals surface area contributed by atoms with E-state index in [1.807, 2.05) is 13.8 Å². The molecular weight excluding hydrogens is 316 g/mol. The van der Waals surface area contributed by atoms with Crippen LogP contribution in [0.2, 0.25) is 0 Å². The number of rotatable bonds is 7. The number of carbonyl (C=O) groups is 2. The number of carbonyl (C=O) groups excluding carboxylic acids is 2. The van der Waals surface area contributed by atoms with E-state index in [2.05, 4.69) is 10.4 Å². The molecule has 1 saturated heterocycles. The fraction of sp³-hybridized carbons (Fsp3) is 0.733. The molecule has 0 aromatic carbocycles. The van der Waals surface area contributed by atoms with Crippen LogP contribution in [0.3, 0.4) is 0 Å². The van der Waals surface area contributed by atoms with Gasteiger partial charge in [-0.25, -0.2) is 4.79 Å². The van der Waals surface area contributed by atoms with Crippen molar-refractivity contribution >= 4 is 11.7 Å². The number of nitrogens with zero attached hydrogens (tertiary/aromatic N) is 3. The number of aryl methyl sites for hydroxylation is 1. The molecule has 2 rings (SSSR count). The van der Waals surface area contributed by atoms with E-state index in [1.54, 1.807) is 7.11 Å². The first-order valence-electron chi connectivity index (χ1n) is 7.87. The minimum absolute atomic E-state index is 0.103. The number of hydrogen-bond acceptors (Lipinski definition) is 7. The van der Waals surface area contributed by atoms with Crippen molar-refractivity contribution in [3.63, 3.8) is 0 Å². The summed E-state index contributed by atoms with van der Waals surface area (Å²) in [5, 5.41) is 6.90. The van der Waals surface area contributed by atoms with Crippen molar-refractivity contribution in [2.24, 2.45) is 7.05 Å². The topological polar surface area (TPSA) is 107 Å². The lowest BCUT2D eigenvalue weighted by molar-refractivity contribution is -0.130. The molecule has 1 N–H and O–H groups in total. The molecular formula is C15H24N4O5. The lowest BCUT2D eigenvalue weighted by Crippen LogP contribution is -2.50. The molecule has 0 bridgehead atoms. The Labute approximate surface area is 139 Å². The third-order valence-corrected chi connectivity index (χ3v) is 4.00. The van der Waals surface area contributed by atoms with Gasteiger partial charge in [0.15, 0.2) is 0 Å². The smallest absolute Gasteiger partial charge is 0.384 e. The maximum Gasteiger partial charge on any atom is 0.437 e. The number of likely N-dealkylation sites (tertiary alicyclic amines) is 1. The zero-order chi connectivity index (χ0) is 17.9. The first kappa shape index (κ1) is 18.3. The molecule has 2 heterocycles. The Morgan fingerprint density at radius 3 is 2.75 bits per heavy atom. The number of ether oxygens (including phenoxy) is 1. The van der Waals surface area contributed by atoms with Crippen molar-refractivity contribution in [2.75, 3.05) is 26.8 Å². The lowest BCUT2D eigenvalue weighted by Gasteiger charge is -2.28. The van der Waals surface area contributed by atoms with Gasteiger partial charge in [-0.15, -0.1) is 5.10 Å². The van der Waals surface area contributed by atoms with Crippen LogP contribution >= 0.6 is 0 Å². The third kappa shape index (κ3) is 4.09. The van der Waals surface area contributed by atoms with Gasteiger partial charge in [0, 0.05) is 26.2 Å². The van der Waals surface area contributed by atoms with E-state index < -0.39 is 17.6 Å². The van der Waals surface area contributed by atoms with Gasteiger partial charge >= 0.3 is 5.76 Å². The van der Waals surface area contributed by atoms with Crippen LogP contribution in [0.5, 0.6) is 0 Å². The fourth-order valence-electron chi connectivity index (χ4n) is 2.75. The number of hydrogen-bond donors (Lipinski definition) is 1. The van der Waals surface area contributed by atoms with Gasteiger partial charge in [0.1, 0.15) is 6.04 Å². The summed E-state index contributed by atoms with van der Waals surface area (Å²) in [6.07, 6.45) is 1.26. The molecule has 1 aromatic rings. The molecule has 0 saturated carbocycles. The number of methoxy groups -OCH3 is 1. The third-order valence-electron chi connectivity index (χ3n) is 4.00. The molecule has 24 heavy (non-hydrogen) atoms. The summed E-state index contributed by atoms with van der Waals surface area (Å²) >= 11 is 0. The largest absolute Gasteiger partial charge is 0.437 e. The van der Waals surface area contributed by atoms with Crippen molar-refractivity contribution in [3.05, 3.63) is 16.4 Å². The second kappa shape index (κ2) is 7.27. The number of nitrogens with one attached hydrogen (secondary N) is 1. The maximum absolute atomic E-state index is 12.5. The van der Waals surface area contributed by atoms with E-state index in [-0.39, 0.29) is 23.9 Å². The van der Waals surface area contributed by atoms with Crippen LogP contribution in [-0.2, 0) is 16.6 Å². The van der Waals surface area contributed by atoms with E-state index >= 15 is 0 Å². The summed E-state index contributed by atoms with van der Waals surface area (Å²) in [5.41, 5.74) is -0.350. The number of aromatic nitrogens is 2. The highest BCUT2D eigenvalue weighted by Gasteiger charge is 2.37. The van der Waals surface area contributed by atoms with Gasteiger partial charge in [0.25, 0.3) is 5.89 Å². The summed E-state index contributed by atoms with van der Waals surface area (Å²) in [5.74, 6) is -1.56. The molecule has 0 unspecified atom stereocenters. The number of amides is 1. The Hall–Kier alpha value is -2.00. The van der Waals surface area contributed by atoms with E-state index in [4.69, 9.17) is 9.15 Å². The quantitative estimate of drug-likeness (QED) is 0.671. The average Bonchev–Trinajstić information content (AvgIpc) is 3.12. The van der Waals surface area contributed by atoms with E-state index in [0.717, 1.165) is 11.1 Å². The Balaban J connectivity index is 2.03. The van der Waals surface area contributed by atoms with Gasteiger partial charge in [-0.2, -0.15) is 4.68 Å². The SMILES string of the molecule is COCC(C)(C)NCC(=O)N1CCC[C@H]1C(=O)c1nn(C)c(=O)o1. The Morgan fingerprint density at radius 2 is 2.17 bits per heavy atom. The van der Waals surface area contributed by atoms with E-state index in [0.29, 0.717) is 19.6 Å². The van der Waals surface area contributed by atoms with Crippen molar-refractivity contribution in [1.82, 2.24) is 20.0 Å². The summed E-state index contributed by atoms with van der Waals surface area (Å²) in [7, 11) is 3.00. The van der Waals surface area contributed by atoms with Crippen LogP contribution in [0, 0.1) is 0 Å². The first-order valence-corrected chi connectivity index (χ1v) is 7.87. The van der Waals surface area contributed by atoms with Crippen molar-refractivity contribution in [1.29, 1.82) is 0 Å². The van der Waals surface area contributed by atoms with Crippen molar-refractivity contribution in [3.8, 4) is 0 Å². The van der Waals surface area contributed by atoms with Gasteiger partial charge in [0.2, 0.25) is 11.7 Å². The van der Waals surface area contributed by atoms with Crippen LogP contribution in [0.25, 0.3) is 0 Å². The maximum atomic E-state index is 12.5. The average molecular weight is 340 g/mol. The molecule has 1 atom stereocenters. The zero-order valence-corrected chi connectivity index (χ0v) is 14.5. The van der Waals surface area contributed by atoms with Crippen LogP contribution < -0.4 is 11.1 Å². The minimum Gasteiger partial charge on any atom is -0.384 e. The van der Waals surface area contributed by atoms with Crippen LogP contribution in [0.15, 0.2) is 9.21 Å². The number of Topliss-reactive ketones (excluding diaryl/α,β-unsaturated/α-hetero) is 1. The predicted molar refractivity (Wildman–Crippen MR) is 84.8 cm³/mol. The Morgan fingerprint density at radius 1 is 1.46 bits per heavy atom. The van der Waals surface area contributed by atoms with E-state index in [9.17, 15) is 14.4 Å². The number of ketones is 1. The summed E-state index contributed by atoms with van der Waals surface area (Å²) in [4.78, 5) is 37.8. The minimum atomic E-state index is -0.697. The standard InChI is InChI=1S/C15H24N4O5/c1-15(2,9-23-4)16-8-11(20)19-7-5-6-10(19)12(21)13-17-18(3)14(22)24-13/h10,16H,5-9H2,1-4H3/t10-/m0/s1. The Kier molecular flexibility index (Phi) is 5.55. The summed E-state index contributed by atoms with van der Waals surface area (Å²) in [6.45, 7) is 4.92. The second-order valence-corrected chi connectivity index (χ2v) is 6.58. The highest BCUT2D eigenvalue weighted by Crippen LogP contribution is 2.20. The zero-order valence-electron chi connectivity index (χ0n) is 14.5. The molecule has 134 valence electrons. The molecule has 9 heteroatoms. The summed E-state index contributed by atoms with van der Waals surface area (Å²) < 4.78 is 10.9. The molecule has 0 spiro atoms. The van der Waals surface area contributed by atoms with Gasteiger partial charge in [0.05, 0.1) is 13.2 Å². The highest BCUT2D eigenvalue weighted by atomic mass is 16.5. The molecule has 0 radical (unpaired) electrons. The summed E-state index contributed by atoms with van der Waals surface area (Å²) in [6, 6.07) is -0.636. The van der Waals surface area contributed by atoms with Gasteiger partial charge in [-0.1, -0.05) is 0 Å². The lowest BCUT2D eigenvalue weighted by atomic mass is 10.1. The van der Waals surface area contributed by atoms with Crippen LogP contribution in [0.4, 0.5) is 0 Å². The molecule has 1 aromatic heterocycles. The fourth-order valence-corrected chi connectivity index (χ4v) is 2.75. The van der Waals surface area contributed by atoms with Gasteiger partial charge < -0.3 is 19.4 Å². The van der Waals surface area contributed by atoms with Crippen molar-refractivity contribution < 1.29 is 18.7 Å². The monoisotopic (exact) mass is 340 g/mol. The highest BCUT2D eigenvalue weighted by molar-refractivity contribution is 5.98. The normalized spacial score (nSPS) is 18.2. The van der Waals surface area contributed by atoms with Crippen LogP contribution in [-0.4, -0.2) is 64.8 Å². The first-order chi connectivity index (χ1) is 11.2. The molecule has 1 amide bonds. The Bertz CT molecular complexity index is 663. The second-order valence-electron chi connectivity index (χ2n) is 6.58. The van der Waals surface area contributed by atoms with Crippen LogP contribution in [0.1, 0.15) is 37.4 Å². The molecule has 1 fully saturated rings. The van der Waals surface area contributed by atoms with Crippen molar-refractivity contribution in [2.45, 2.75) is 38.3 Å². The predicted octanol–water partition coefficient (Wildman–Crippen LogP) is -0.438. The molecule has 1 aliphatic rings. The molecule has 0 aliphatic carbocycles. The van der Waals surface area contributed by atoms with Gasteiger partial charge in [-0.05, 0) is 26.7 Å². The molecule has 1 aliphatic heterocycles.